The number of benzene rings is 1. The van der Waals surface area contributed by atoms with Gasteiger partial charge in [0.1, 0.15) is 5.76 Å². The van der Waals surface area contributed by atoms with E-state index in [4.69, 9.17) is 28.2 Å². The Morgan fingerprint density at radius 1 is 1.35 bits per heavy atom. The molecule has 0 amide bonds. The van der Waals surface area contributed by atoms with Gasteiger partial charge in [0, 0.05) is 5.56 Å². The molecule has 3 rings (SSSR count). The summed E-state index contributed by atoms with van der Waals surface area (Å²) in [6, 6.07) is 11.1. The predicted molar refractivity (Wildman–Crippen MR) is 94.1 cm³/mol. The first kappa shape index (κ1) is 15.5. The van der Waals surface area contributed by atoms with Crippen molar-refractivity contribution in [3.8, 4) is 11.4 Å². The second kappa shape index (κ2) is 6.76. The maximum absolute atomic E-state index is 6.22. The molecule has 0 fully saturated rings. The van der Waals surface area contributed by atoms with E-state index in [1.807, 2.05) is 43.3 Å². The molecular weight excluding hydrogens is 332 g/mol. The lowest BCUT2D eigenvalue weighted by Gasteiger charge is -2.02. The summed E-state index contributed by atoms with van der Waals surface area (Å²) >= 11 is 11.5. The highest BCUT2D eigenvalue weighted by molar-refractivity contribution is 7.71. The molecule has 5 nitrogen and oxygen atoms in total. The van der Waals surface area contributed by atoms with E-state index in [2.05, 4.69) is 15.3 Å². The smallest absolute Gasteiger partial charge is 0.216 e. The Balaban J connectivity index is 1.95. The van der Waals surface area contributed by atoms with Crippen LogP contribution < -0.4 is 0 Å². The number of aromatic amines is 1. The number of nitrogens with one attached hydrogen (secondary N) is 1. The lowest BCUT2D eigenvalue weighted by Crippen LogP contribution is -1.95. The second-order valence-corrected chi connectivity index (χ2v) is 5.59. The molecule has 0 bridgehead atoms. The molecule has 116 valence electrons. The van der Waals surface area contributed by atoms with Gasteiger partial charge in [-0.25, -0.2) is 5.10 Å². The van der Waals surface area contributed by atoms with E-state index < -0.39 is 0 Å². The van der Waals surface area contributed by atoms with Crippen LogP contribution in [-0.2, 0) is 0 Å². The Bertz CT molecular complexity index is 922. The molecule has 3 aromatic rings. The zero-order valence-electron chi connectivity index (χ0n) is 12.2. The van der Waals surface area contributed by atoms with Crippen molar-refractivity contribution in [1.82, 2.24) is 14.9 Å². The van der Waals surface area contributed by atoms with Crippen LogP contribution in [0.4, 0.5) is 0 Å². The van der Waals surface area contributed by atoms with Crippen LogP contribution in [0.25, 0.3) is 17.5 Å². The SMILES string of the molecule is CC(/C=N\n1c(-c2ccccc2Cl)n[nH]c1=S)=C\c1ccco1. The molecule has 0 saturated heterocycles. The largest absolute Gasteiger partial charge is 0.465 e. The van der Waals surface area contributed by atoms with Crippen molar-refractivity contribution < 1.29 is 4.42 Å². The summed E-state index contributed by atoms with van der Waals surface area (Å²) in [5.74, 6) is 1.32. The molecule has 0 atom stereocenters. The van der Waals surface area contributed by atoms with Crippen LogP contribution in [0.15, 0.2) is 57.8 Å². The molecular formula is C16H13ClN4OS. The van der Waals surface area contributed by atoms with Gasteiger partial charge in [0.05, 0.1) is 17.5 Å². The maximum atomic E-state index is 6.22. The minimum atomic E-state index is 0.391. The molecule has 0 aliphatic rings. The third-order valence-electron chi connectivity index (χ3n) is 3.06. The number of hydrogen-bond acceptors (Lipinski definition) is 4. The second-order valence-electron chi connectivity index (χ2n) is 4.79. The summed E-state index contributed by atoms with van der Waals surface area (Å²) in [6.07, 6.45) is 5.19. The first-order valence-electron chi connectivity index (χ1n) is 6.83. The third-order valence-corrected chi connectivity index (χ3v) is 3.65. The molecule has 0 radical (unpaired) electrons. The quantitative estimate of drug-likeness (QED) is 0.546. The lowest BCUT2D eigenvalue weighted by molar-refractivity contribution is 0.557. The molecule has 0 aliphatic carbocycles. The highest BCUT2D eigenvalue weighted by Gasteiger charge is 2.11. The van der Waals surface area contributed by atoms with Crippen molar-refractivity contribution in [3.63, 3.8) is 0 Å². The number of H-pyrrole nitrogens is 1. The van der Waals surface area contributed by atoms with E-state index in [9.17, 15) is 0 Å². The summed E-state index contributed by atoms with van der Waals surface area (Å²) < 4.78 is 7.20. The highest BCUT2D eigenvalue weighted by Crippen LogP contribution is 2.25. The van der Waals surface area contributed by atoms with Crippen LogP contribution in [0.1, 0.15) is 12.7 Å². The molecule has 2 heterocycles. The van der Waals surface area contributed by atoms with Gasteiger partial charge in [-0.3, -0.25) is 0 Å². The summed E-state index contributed by atoms with van der Waals surface area (Å²) in [6.45, 7) is 1.92. The van der Waals surface area contributed by atoms with Crippen LogP contribution in [0.5, 0.6) is 0 Å². The van der Waals surface area contributed by atoms with Gasteiger partial charge in [-0.2, -0.15) is 14.9 Å². The zero-order chi connectivity index (χ0) is 16.2. The Kier molecular flexibility index (Phi) is 4.55. The minimum absolute atomic E-state index is 0.391. The first-order valence-corrected chi connectivity index (χ1v) is 7.62. The van der Waals surface area contributed by atoms with E-state index in [-0.39, 0.29) is 0 Å². The number of aromatic nitrogens is 3. The molecule has 23 heavy (non-hydrogen) atoms. The van der Waals surface area contributed by atoms with E-state index in [0.29, 0.717) is 15.6 Å². The fraction of sp³-hybridized carbons (Fsp3) is 0.0625. The molecule has 1 aromatic carbocycles. The topological polar surface area (TPSA) is 59.1 Å². The maximum Gasteiger partial charge on any atom is 0.216 e. The van der Waals surface area contributed by atoms with E-state index in [1.165, 1.54) is 4.68 Å². The molecule has 0 saturated carbocycles. The average molecular weight is 345 g/mol. The van der Waals surface area contributed by atoms with Gasteiger partial charge in [0.2, 0.25) is 4.77 Å². The molecule has 0 unspecified atom stereocenters. The monoisotopic (exact) mass is 344 g/mol. The van der Waals surface area contributed by atoms with Crippen molar-refractivity contribution in [2.45, 2.75) is 6.92 Å². The van der Waals surface area contributed by atoms with E-state index in [1.54, 1.807) is 18.5 Å². The van der Waals surface area contributed by atoms with E-state index >= 15 is 0 Å². The minimum Gasteiger partial charge on any atom is -0.465 e. The van der Waals surface area contributed by atoms with Gasteiger partial charge in [0.25, 0.3) is 0 Å². The molecule has 2 aromatic heterocycles. The van der Waals surface area contributed by atoms with Crippen LogP contribution in [0.2, 0.25) is 5.02 Å². The zero-order valence-corrected chi connectivity index (χ0v) is 13.8. The molecule has 0 aliphatic heterocycles. The predicted octanol–water partition coefficient (Wildman–Crippen LogP) is 4.79. The van der Waals surface area contributed by atoms with Crippen LogP contribution in [-0.4, -0.2) is 21.1 Å². The summed E-state index contributed by atoms with van der Waals surface area (Å²) in [5.41, 5.74) is 1.67. The van der Waals surface area contributed by atoms with Crippen molar-refractivity contribution in [3.05, 3.63) is 63.8 Å². The van der Waals surface area contributed by atoms with Crippen molar-refractivity contribution in [2.24, 2.45) is 5.10 Å². The van der Waals surface area contributed by atoms with Gasteiger partial charge in [0.15, 0.2) is 5.82 Å². The number of allylic oxidation sites excluding steroid dienone is 1. The van der Waals surface area contributed by atoms with Crippen LogP contribution in [0, 0.1) is 4.77 Å². The molecule has 0 spiro atoms. The standard InChI is InChI=1S/C16H13ClN4OS/c1-11(9-12-5-4-8-22-12)10-18-21-15(19-20-16(21)23)13-6-2-3-7-14(13)17/h2-10H,1H3,(H,20,23)/b11-9+,18-10-. The fourth-order valence-corrected chi connectivity index (χ4v) is 2.40. The number of hydrogen-bond donors (Lipinski definition) is 1. The van der Waals surface area contributed by atoms with Gasteiger partial charge in [-0.1, -0.05) is 23.7 Å². The summed E-state index contributed by atoms with van der Waals surface area (Å²) in [7, 11) is 0. The number of rotatable bonds is 4. The van der Waals surface area contributed by atoms with Gasteiger partial charge in [-0.15, -0.1) is 0 Å². The fourth-order valence-electron chi connectivity index (χ4n) is 2.00. The third kappa shape index (κ3) is 3.49. The Hall–Kier alpha value is -2.44. The van der Waals surface area contributed by atoms with Crippen molar-refractivity contribution in [1.29, 1.82) is 0 Å². The van der Waals surface area contributed by atoms with E-state index in [0.717, 1.165) is 16.9 Å². The van der Waals surface area contributed by atoms with Gasteiger partial charge in [-0.05, 0) is 55.1 Å². The first-order chi connectivity index (χ1) is 11.1. The number of halogens is 1. The normalized spacial score (nSPS) is 12.2. The molecule has 1 N–H and O–H groups in total. The average Bonchev–Trinajstić information content (AvgIpc) is 3.16. The number of nitrogens with zero attached hydrogens (tertiary/aromatic N) is 3. The number of furan rings is 1. The summed E-state index contributed by atoms with van der Waals surface area (Å²) in [4.78, 5) is 0. The summed E-state index contributed by atoms with van der Waals surface area (Å²) in [5, 5.41) is 11.9. The van der Waals surface area contributed by atoms with Crippen molar-refractivity contribution in [2.75, 3.05) is 0 Å². The Morgan fingerprint density at radius 2 is 2.17 bits per heavy atom. The van der Waals surface area contributed by atoms with Gasteiger partial charge < -0.3 is 4.42 Å². The van der Waals surface area contributed by atoms with Crippen molar-refractivity contribution >= 4 is 36.1 Å². The molecule has 7 heteroatoms. The lowest BCUT2D eigenvalue weighted by atomic mass is 10.2. The highest BCUT2D eigenvalue weighted by atomic mass is 35.5. The van der Waals surface area contributed by atoms with Gasteiger partial charge >= 0.3 is 0 Å². The van der Waals surface area contributed by atoms with Crippen LogP contribution >= 0.6 is 23.8 Å². The Labute approximate surface area is 142 Å². The van der Waals surface area contributed by atoms with Crippen LogP contribution in [0.3, 0.4) is 0 Å². The Morgan fingerprint density at radius 3 is 2.91 bits per heavy atom.